The van der Waals surface area contributed by atoms with E-state index in [1.54, 1.807) is 37.7 Å². The van der Waals surface area contributed by atoms with Gasteiger partial charge in [0.25, 0.3) is 5.91 Å². The van der Waals surface area contributed by atoms with Gasteiger partial charge in [0, 0.05) is 16.0 Å². The van der Waals surface area contributed by atoms with Crippen LogP contribution >= 0.6 is 34.4 Å². The summed E-state index contributed by atoms with van der Waals surface area (Å²) in [7, 11) is 1.31. The monoisotopic (exact) mass is 608 g/mol. The lowest BCUT2D eigenvalue weighted by Crippen LogP contribution is -2.65. The summed E-state index contributed by atoms with van der Waals surface area (Å²) in [5.41, 5.74) is 8.49. The van der Waals surface area contributed by atoms with Crippen LogP contribution in [-0.4, -0.2) is 69.8 Å². The highest BCUT2D eigenvalue weighted by atomic mass is 32.2. The number of hydrogen-bond acceptors (Lipinski definition) is 15. The van der Waals surface area contributed by atoms with E-state index in [0.29, 0.717) is 11.3 Å². The number of rotatable bonds is 9. The molecule has 2 aliphatic heterocycles. The summed E-state index contributed by atoms with van der Waals surface area (Å²) in [5.74, 6) is -1.42. The van der Waals surface area contributed by atoms with Crippen LogP contribution in [0.2, 0.25) is 0 Å². The third kappa shape index (κ3) is 6.63. The number of carbonyl (C=O) groups is 3. The van der Waals surface area contributed by atoms with Gasteiger partial charge in [-0.05, 0) is 39.3 Å². The molecule has 13 nitrogen and oxygen atoms in total. The minimum Gasteiger partial charge on any atom is -0.427 e. The minimum atomic E-state index is -0.786. The fraction of sp³-hybridized carbons (Fsp3) is 0.417. The number of nitrogen functional groups attached to an aromatic ring is 1. The van der Waals surface area contributed by atoms with Gasteiger partial charge in [-0.3, -0.25) is 9.59 Å². The lowest BCUT2D eigenvalue weighted by Gasteiger charge is -2.49. The molecule has 3 N–H and O–H groups in total. The van der Waals surface area contributed by atoms with E-state index >= 15 is 0 Å². The molecule has 0 spiro atoms. The number of thiazole rings is 2. The Labute approximate surface area is 242 Å². The standard InChI is InChI=1S/C24H28N6O7S3/c1-12-15(40-10-26-12)7-6-13-8-38-20-19(28-18(31)16(29-34-5)14-9-39-23(25)27-14)37-30(20)17(13)21(32)35-11-36-22(33)24(2,3)4/h6-7,9-10,19-20H,8,11H2,1-5H3,(H2,25,27)(H,28,31)/b7-6-,29-16-. The molecule has 1 fully saturated rings. The largest absolute Gasteiger partial charge is 0.427 e. The van der Waals surface area contributed by atoms with E-state index in [0.717, 1.165) is 21.9 Å². The number of thioether (sulfide) groups is 1. The molecule has 0 aliphatic carbocycles. The fourth-order valence-corrected chi connectivity index (χ4v) is 5.83. The number of amides is 1. The molecular formula is C24H28N6O7S3. The van der Waals surface area contributed by atoms with E-state index in [1.807, 2.05) is 13.0 Å². The zero-order chi connectivity index (χ0) is 29.0. The number of aromatic nitrogens is 2. The highest BCUT2D eigenvalue weighted by molar-refractivity contribution is 8.00. The minimum absolute atomic E-state index is 0.0716. The number of esters is 2. The van der Waals surface area contributed by atoms with Crippen LogP contribution in [0.1, 0.15) is 37.0 Å². The Bertz CT molecular complexity index is 1380. The van der Waals surface area contributed by atoms with Gasteiger partial charge in [0.15, 0.2) is 22.8 Å². The smallest absolute Gasteiger partial charge is 0.360 e. The summed E-state index contributed by atoms with van der Waals surface area (Å²) in [6, 6.07) is 0. The van der Waals surface area contributed by atoms with Crippen LogP contribution < -0.4 is 11.1 Å². The summed E-state index contributed by atoms with van der Waals surface area (Å²) in [6.45, 7) is 6.43. The molecule has 0 bridgehead atoms. The zero-order valence-electron chi connectivity index (χ0n) is 22.3. The first-order chi connectivity index (χ1) is 19.0. The number of hydroxylamine groups is 2. The molecule has 2 atom stereocenters. The average molecular weight is 609 g/mol. The Morgan fingerprint density at radius 2 is 2.05 bits per heavy atom. The van der Waals surface area contributed by atoms with Crippen molar-refractivity contribution in [1.82, 2.24) is 20.3 Å². The third-order valence-electron chi connectivity index (χ3n) is 5.49. The Hall–Kier alpha value is -3.47. The maximum Gasteiger partial charge on any atom is 0.360 e. The summed E-state index contributed by atoms with van der Waals surface area (Å²) in [5, 5.41) is 9.30. The van der Waals surface area contributed by atoms with Gasteiger partial charge in [0.2, 0.25) is 6.79 Å². The summed E-state index contributed by atoms with van der Waals surface area (Å²) >= 11 is 4.09. The van der Waals surface area contributed by atoms with Crippen LogP contribution in [0.3, 0.4) is 0 Å². The summed E-state index contributed by atoms with van der Waals surface area (Å²) < 4.78 is 10.4. The van der Waals surface area contributed by atoms with Crippen molar-refractivity contribution in [3.8, 4) is 0 Å². The van der Waals surface area contributed by atoms with Crippen LogP contribution in [0, 0.1) is 12.3 Å². The molecule has 0 aromatic carbocycles. The average Bonchev–Trinajstić information content (AvgIpc) is 3.50. The number of oxime groups is 1. The van der Waals surface area contributed by atoms with Crippen LogP contribution in [0.25, 0.3) is 6.08 Å². The first kappa shape index (κ1) is 29.5. The number of hydrogen-bond donors (Lipinski definition) is 2. The molecule has 4 heterocycles. The van der Waals surface area contributed by atoms with Gasteiger partial charge >= 0.3 is 11.9 Å². The van der Waals surface area contributed by atoms with Crippen molar-refractivity contribution < 1.29 is 33.5 Å². The molecule has 2 aromatic rings. The first-order valence-corrected chi connectivity index (χ1v) is 14.7. The van der Waals surface area contributed by atoms with E-state index in [1.165, 1.54) is 35.3 Å². The lowest BCUT2D eigenvalue weighted by atomic mass is 9.98. The van der Waals surface area contributed by atoms with Gasteiger partial charge in [0.05, 0.1) is 16.6 Å². The van der Waals surface area contributed by atoms with Gasteiger partial charge in [-0.25, -0.2) is 24.7 Å². The quantitative estimate of drug-likeness (QED) is 0.185. The number of ether oxygens (including phenoxy) is 2. The molecule has 2 aliphatic rings. The Morgan fingerprint density at radius 3 is 2.67 bits per heavy atom. The van der Waals surface area contributed by atoms with Crippen molar-refractivity contribution in [3.63, 3.8) is 0 Å². The molecule has 1 amide bonds. The number of nitrogens with two attached hydrogens (primary N) is 1. The molecule has 4 rings (SSSR count). The molecule has 16 heteroatoms. The normalized spacial score (nSPS) is 19.2. The number of nitrogens with one attached hydrogen (secondary N) is 1. The molecule has 40 heavy (non-hydrogen) atoms. The molecule has 214 valence electrons. The van der Waals surface area contributed by atoms with E-state index in [4.69, 9.17) is 24.9 Å². The maximum absolute atomic E-state index is 13.2. The second-order valence-electron chi connectivity index (χ2n) is 9.46. The topological polar surface area (TPSA) is 168 Å². The molecule has 0 saturated carbocycles. The number of fused-ring (bicyclic) bond motifs is 1. The van der Waals surface area contributed by atoms with Crippen molar-refractivity contribution in [1.29, 1.82) is 0 Å². The molecular weight excluding hydrogens is 581 g/mol. The van der Waals surface area contributed by atoms with Crippen LogP contribution in [0.5, 0.6) is 0 Å². The Kier molecular flexibility index (Phi) is 9.12. The zero-order valence-corrected chi connectivity index (χ0v) is 24.8. The maximum atomic E-state index is 13.2. The number of anilines is 1. The Morgan fingerprint density at radius 1 is 1.27 bits per heavy atom. The van der Waals surface area contributed by atoms with Crippen molar-refractivity contribution in [2.24, 2.45) is 10.6 Å². The van der Waals surface area contributed by atoms with Gasteiger partial charge < -0.3 is 25.4 Å². The van der Waals surface area contributed by atoms with Crippen LogP contribution in [0.4, 0.5) is 5.13 Å². The second-order valence-corrected chi connectivity index (χ2v) is 12.3. The van der Waals surface area contributed by atoms with E-state index < -0.39 is 41.7 Å². The molecule has 1 saturated heterocycles. The van der Waals surface area contributed by atoms with E-state index in [2.05, 4.69) is 20.4 Å². The molecule has 0 radical (unpaired) electrons. The fourth-order valence-electron chi connectivity index (χ4n) is 3.42. The van der Waals surface area contributed by atoms with Gasteiger partial charge in [0.1, 0.15) is 18.2 Å². The third-order valence-corrected chi connectivity index (χ3v) is 8.32. The highest BCUT2D eigenvalue weighted by Gasteiger charge is 2.49. The van der Waals surface area contributed by atoms with Crippen molar-refractivity contribution in [2.45, 2.75) is 39.3 Å². The van der Waals surface area contributed by atoms with Crippen LogP contribution in [-0.2, 0) is 33.5 Å². The van der Waals surface area contributed by atoms with Crippen molar-refractivity contribution in [3.05, 3.63) is 44.5 Å². The SMILES string of the molecule is CO/N=C(\C(=O)NC1ON2C(C(=O)OCOC(=O)C(C)(C)C)=C(/C=C\c3scnc3C)CSC12)c1csc(N)n1. The van der Waals surface area contributed by atoms with Crippen LogP contribution in [0.15, 0.2) is 33.4 Å². The Balaban J connectivity index is 1.50. The molecule has 2 aromatic heterocycles. The highest BCUT2D eigenvalue weighted by Crippen LogP contribution is 2.41. The summed E-state index contributed by atoms with van der Waals surface area (Å²) in [6.07, 6.45) is 2.88. The predicted molar refractivity (Wildman–Crippen MR) is 151 cm³/mol. The van der Waals surface area contributed by atoms with Crippen molar-refractivity contribution >= 4 is 69.2 Å². The number of allylic oxidation sites excluding steroid dienone is 1. The van der Waals surface area contributed by atoms with E-state index in [-0.39, 0.29) is 22.2 Å². The van der Waals surface area contributed by atoms with E-state index in [9.17, 15) is 14.4 Å². The number of aryl methyl sites for hydroxylation is 1. The lowest BCUT2D eigenvalue weighted by molar-refractivity contribution is -0.297. The summed E-state index contributed by atoms with van der Waals surface area (Å²) in [4.78, 5) is 58.1. The molecule has 2 unspecified atom stereocenters. The number of nitrogens with zero attached hydrogens (tertiary/aromatic N) is 4. The second kappa shape index (κ2) is 12.4. The number of carbonyl (C=O) groups excluding carboxylic acids is 3. The van der Waals surface area contributed by atoms with Crippen molar-refractivity contribution in [2.75, 3.05) is 25.4 Å². The first-order valence-electron chi connectivity index (χ1n) is 11.9. The van der Waals surface area contributed by atoms with Gasteiger partial charge in [-0.15, -0.1) is 34.4 Å². The van der Waals surface area contributed by atoms with Gasteiger partial charge in [-0.1, -0.05) is 11.2 Å². The van der Waals surface area contributed by atoms with Gasteiger partial charge in [-0.2, -0.15) is 0 Å². The predicted octanol–water partition coefficient (Wildman–Crippen LogP) is 2.66.